The predicted octanol–water partition coefficient (Wildman–Crippen LogP) is 1.63. The number of methoxy groups -OCH3 is 1. The van der Waals surface area contributed by atoms with Crippen molar-refractivity contribution in [2.24, 2.45) is 0 Å². The van der Waals surface area contributed by atoms with Crippen molar-refractivity contribution >= 4 is 5.82 Å². The number of benzene rings is 1. The lowest BCUT2D eigenvalue weighted by atomic mass is 10.1. The summed E-state index contributed by atoms with van der Waals surface area (Å²) in [5, 5.41) is 24.8. The molecule has 0 amide bonds. The van der Waals surface area contributed by atoms with Crippen molar-refractivity contribution in [1.82, 2.24) is 20.0 Å². The van der Waals surface area contributed by atoms with Gasteiger partial charge in [0.25, 0.3) is 5.56 Å². The van der Waals surface area contributed by atoms with E-state index in [2.05, 4.69) is 26.7 Å². The molecular weight excluding hydrogens is 372 g/mol. The molecule has 9 heteroatoms. The summed E-state index contributed by atoms with van der Waals surface area (Å²) in [5.41, 5.74) is 1.61. The van der Waals surface area contributed by atoms with Crippen molar-refractivity contribution in [2.45, 2.75) is 12.1 Å². The van der Waals surface area contributed by atoms with E-state index in [0.29, 0.717) is 36.0 Å². The lowest BCUT2D eigenvalue weighted by Gasteiger charge is -2.21. The highest BCUT2D eigenvalue weighted by atomic mass is 16.5. The fourth-order valence-electron chi connectivity index (χ4n) is 3.23. The van der Waals surface area contributed by atoms with Crippen LogP contribution in [0.2, 0.25) is 0 Å². The average Bonchev–Trinajstić information content (AvgIpc) is 3.22. The predicted molar refractivity (Wildman–Crippen MR) is 104 cm³/mol. The van der Waals surface area contributed by atoms with Gasteiger partial charge >= 0.3 is 0 Å². The molecule has 29 heavy (non-hydrogen) atoms. The molecule has 1 N–H and O–H groups in total. The SMILES string of the molecule is COc1cccc(-c2ccc(=O)n(C3COCC3Nc3nnccc3C#N)n2)c1. The van der Waals surface area contributed by atoms with Crippen molar-refractivity contribution in [3.63, 3.8) is 0 Å². The number of hydrogen-bond acceptors (Lipinski definition) is 8. The van der Waals surface area contributed by atoms with Gasteiger partial charge in [0.2, 0.25) is 0 Å². The van der Waals surface area contributed by atoms with Gasteiger partial charge in [-0.05, 0) is 24.3 Å². The largest absolute Gasteiger partial charge is 0.497 e. The van der Waals surface area contributed by atoms with Gasteiger partial charge in [-0.25, -0.2) is 4.68 Å². The second kappa shape index (κ2) is 8.08. The van der Waals surface area contributed by atoms with Crippen LogP contribution < -0.4 is 15.6 Å². The topological polar surface area (TPSA) is 115 Å². The van der Waals surface area contributed by atoms with Crippen LogP contribution in [0.15, 0.2) is 53.5 Å². The summed E-state index contributed by atoms with van der Waals surface area (Å²) in [4.78, 5) is 12.5. The normalized spacial score (nSPS) is 18.2. The molecule has 1 aliphatic heterocycles. The standard InChI is InChI=1S/C20H18N6O3/c1-28-15-4-2-3-13(9-15)16-5-6-19(27)26(25-16)18-12-29-11-17(18)23-20-14(10-21)7-8-22-24-20/h2-9,17-18H,11-12H2,1H3,(H,23,24). The number of nitrogens with one attached hydrogen (secondary N) is 1. The van der Waals surface area contributed by atoms with Crippen LogP contribution in [0.25, 0.3) is 11.3 Å². The van der Waals surface area contributed by atoms with Gasteiger partial charge in [-0.15, -0.1) is 5.10 Å². The first-order valence-corrected chi connectivity index (χ1v) is 9.00. The monoisotopic (exact) mass is 390 g/mol. The quantitative estimate of drug-likeness (QED) is 0.699. The van der Waals surface area contributed by atoms with Gasteiger partial charge in [0.15, 0.2) is 5.82 Å². The molecule has 0 saturated carbocycles. The molecule has 2 unspecified atom stereocenters. The number of hydrogen-bond donors (Lipinski definition) is 1. The molecule has 2 atom stereocenters. The zero-order valence-electron chi connectivity index (χ0n) is 15.6. The highest BCUT2D eigenvalue weighted by Crippen LogP contribution is 2.25. The summed E-state index contributed by atoms with van der Waals surface area (Å²) < 4.78 is 12.3. The second-order valence-corrected chi connectivity index (χ2v) is 6.49. The number of nitrogens with zero attached hydrogens (tertiary/aromatic N) is 5. The number of ether oxygens (including phenoxy) is 2. The molecule has 9 nitrogen and oxygen atoms in total. The number of nitriles is 1. The molecule has 1 aliphatic rings. The van der Waals surface area contributed by atoms with Gasteiger partial charge in [0.05, 0.1) is 43.8 Å². The van der Waals surface area contributed by atoms with E-state index in [1.165, 1.54) is 16.9 Å². The zero-order valence-corrected chi connectivity index (χ0v) is 15.6. The van der Waals surface area contributed by atoms with Gasteiger partial charge in [0, 0.05) is 11.6 Å². The lowest BCUT2D eigenvalue weighted by Crippen LogP contribution is -2.37. The Morgan fingerprint density at radius 3 is 3.00 bits per heavy atom. The van der Waals surface area contributed by atoms with Crippen LogP contribution in [0.4, 0.5) is 5.82 Å². The van der Waals surface area contributed by atoms with Crippen LogP contribution >= 0.6 is 0 Å². The highest BCUT2D eigenvalue weighted by Gasteiger charge is 2.32. The minimum absolute atomic E-state index is 0.237. The van der Waals surface area contributed by atoms with Crippen molar-refractivity contribution in [1.29, 1.82) is 5.26 Å². The van der Waals surface area contributed by atoms with E-state index in [-0.39, 0.29) is 17.6 Å². The Morgan fingerprint density at radius 2 is 2.17 bits per heavy atom. The average molecular weight is 390 g/mol. The molecule has 0 radical (unpaired) electrons. The molecule has 146 valence electrons. The number of rotatable bonds is 5. The maximum absolute atomic E-state index is 12.5. The Kier molecular flexibility index (Phi) is 5.18. The summed E-state index contributed by atoms with van der Waals surface area (Å²) in [5.74, 6) is 1.06. The Labute approximate surface area is 166 Å². The first-order valence-electron chi connectivity index (χ1n) is 9.00. The first-order chi connectivity index (χ1) is 14.2. The Morgan fingerprint density at radius 1 is 1.28 bits per heavy atom. The van der Waals surface area contributed by atoms with E-state index in [9.17, 15) is 10.1 Å². The Balaban J connectivity index is 1.66. The third-order valence-corrected chi connectivity index (χ3v) is 4.72. The third-order valence-electron chi connectivity index (χ3n) is 4.72. The van der Waals surface area contributed by atoms with E-state index in [0.717, 1.165) is 5.56 Å². The summed E-state index contributed by atoms with van der Waals surface area (Å²) in [7, 11) is 1.60. The lowest BCUT2D eigenvalue weighted by molar-refractivity contribution is 0.183. The van der Waals surface area contributed by atoms with Crippen LogP contribution in [0.1, 0.15) is 11.6 Å². The van der Waals surface area contributed by atoms with E-state index in [1.807, 2.05) is 24.3 Å². The molecule has 1 aromatic carbocycles. The summed E-state index contributed by atoms with van der Waals surface area (Å²) in [6.07, 6.45) is 1.45. The first kappa shape index (κ1) is 18.6. The van der Waals surface area contributed by atoms with Crippen molar-refractivity contribution in [3.05, 3.63) is 64.6 Å². The zero-order chi connectivity index (χ0) is 20.2. The van der Waals surface area contributed by atoms with E-state index in [4.69, 9.17) is 9.47 Å². The maximum atomic E-state index is 12.5. The Bertz CT molecular complexity index is 1120. The fraction of sp³-hybridized carbons (Fsp3) is 0.250. The summed E-state index contributed by atoms with van der Waals surface area (Å²) in [6, 6.07) is 13.6. The van der Waals surface area contributed by atoms with Gasteiger partial charge < -0.3 is 14.8 Å². The van der Waals surface area contributed by atoms with Crippen LogP contribution in [0, 0.1) is 11.3 Å². The number of anilines is 1. The van der Waals surface area contributed by atoms with Crippen LogP contribution in [0.3, 0.4) is 0 Å². The minimum atomic E-state index is -0.360. The van der Waals surface area contributed by atoms with Gasteiger partial charge in [-0.2, -0.15) is 15.5 Å². The summed E-state index contributed by atoms with van der Waals surface area (Å²) in [6.45, 7) is 0.665. The van der Waals surface area contributed by atoms with Gasteiger partial charge in [-0.3, -0.25) is 4.79 Å². The molecule has 1 fully saturated rings. The maximum Gasteiger partial charge on any atom is 0.267 e. The van der Waals surface area contributed by atoms with E-state index in [1.54, 1.807) is 19.2 Å². The second-order valence-electron chi connectivity index (χ2n) is 6.49. The molecule has 3 aromatic rings. The molecule has 0 aliphatic carbocycles. The molecule has 1 saturated heterocycles. The summed E-state index contributed by atoms with van der Waals surface area (Å²) >= 11 is 0. The molecule has 3 heterocycles. The molecule has 0 spiro atoms. The molecule has 4 rings (SSSR count). The minimum Gasteiger partial charge on any atom is -0.497 e. The van der Waals surface area contributed by atoms with Crippen molar-refractivity contribution in [3.8, 4) is 23.1 Å². The Hall–Kier alpha value is -3.77. The highest BCUT2D eigenvalue weighted by molar-refractivity contribution is 5.60. The van der Waals surface area contributed by atoms with Crippen molar-refractivity contribution < 1.29 is 9.47 Å². The van der Waals surface area contributed by atoms with Gasteiger partial charge in [-0.1, -0.05) is 12.1 Å². The molecule has 2 aromatic heterocycles. The van der Waals surface area contributed by atoms with Gasteiger partial charge in [0.1, 0.15) is 17.9 Å². The van der Waals surface area contributed by atoms with Crippen molar-refractivity contribution in [2.75, 3.05) is 25.6 Å². The smallest absolute Gasteiger partial charge is 0.267 e. The fourth-order valence-corrected chi connectivity index (χ4v) is 3.23. The van der Waals surface area contributed by atoms with Crippen LogP contribution in [-0.4, -0.2) is 46.3 Å². The van der Waals surface area contributed by atoms with Crippen LogP contribution in [-0.2, 0) is 4.74 Å². The van der Waals surface area contributed by atoms with Crippen LogP contribution in [0.5, 0.6) is 5.75 Å². The van der Waals surface area contributed by atoms with E-state index >= 15 is 0 Å². The molecular formula is C20H18N6O3. The number of aromatic nitrogens is 4. The molecule has 0 bridgehead atoms. The van der Waals surface area contributed by atoms with E-state index < -0.39 is 0 Å². The third kappa shape index (κ3) is 3.79.